The third-order valence-electron chi connectivity index (χ3n) is 4.38. The molecule has 2 atom stereocenters. The van der Waals surface area contributed by atoms with Gasteiger partial charge in [-0.25, -0.2) is 4.79 Å². The molecule has 1 unspecified atom stereocenters. The number of β-lactam (4-membered cyclic amide) rings is 1. The minimum atomic E-state index is -1.86. The first-order chi connectivity index (χ1) is 15.0. The first kappa shape index (κ1) is 24.9. The second kappa shape index (κ2) is 10.0. The Kier molecular flexibility index (Phi) is 7.82. The number of alkyl halides is 3. The van der Waals surface area contributed by atoms with Gasteiger partial charge < -0.3 is 14.8 Å². The Hall–Kier alpha value is -1.72. The summed E-state index contributed by atoms with van der Waals surface area (Å²) in [7, 11) is 0. The predicted molar refractivity (Wildman–Crippen MR) is 122 cm³/mol. The zero-order valence-electron chi connectivity index (χ0n) is 16.6. The fourth-order valence-electron chi connectivity index (χ4n) is 3.01. The molecule has 1 aromatic heterocycles. The van der Waals surface area contributed by atoms with Crippen LogP contribution in [0.3, 0.4) is 0 Å². The van der Waals surface area contributed by atoms with E-state index in [1.807, 2.05) is 17.5 Å². The van der Waals surface area contributed by atoms with E-state index in [0.717, 1.165) is 4.88 Å². The summed E-state index contributed by atoms with van der Waals surface area (Å²) >= 11 is 19.5. The third-order valence-corrected chi connectivity index (χ3v) is 6.84. The summed E-state index contributed by atoms with van der Waals surface area (Å²) < 4.78 is 8.20. The smallest absolute Gasteiger partial charge is 0.355 e. The van der Waals surface area contributed by atoms with Crippen LogP contribution in [0.25, 0.3) is 0 Å². The van der Waals surface area contributed by atoms with Gasteiger partial charge in [-0.05, 0) is 11.4 Å². The molecule has 2 aliphatic heterocycles. The Morgan fingerprint density at radius 2 is 2.00 bits per heavy atom. The lowest BCUT2D eigenvalue weighted by molar-refractivity contribution is -0.153. The Morgan fingerprint density at radius 3 is 2.59 bits per heavy atom. The van der Waals surface area contributed by atoms with Crippen LogP contribution in [-0.2, 0) is 35.1 Å². The number of esters is 2. The lowest BCUT2D eigenvalue weighted by atomic mass is 10.0. The lowest BCUT2D eigenvalue weighted by Crippen LogP contribution is -2.70. The molecule has 13 heteroatoms. The minimum Gasteiger partial charge on any atom is -0.461 e. The largest absolute Gasteiger partial charge is 0.461 e. The van der Waals surface area contributed by atoms with Crippen molar-refractivity contribution < 1.29 is 28.7 Å². The fraction of sp³-hybridized carbons (Fsp3) is 0.368. The SMILES string of the molecule is C=C1S[C@@H]2C(NC(=O)Cc3cccs3)C(=O)N2C(C(=O)OCC(Cl)(Cl)Cl)=C1COC(C)=O. The first-order valence-corrected chi connectivity index (χ1v) is 12.0. The van der Waals surface area contributed by atoms with Crippen LogP contribution in [0.1, 0.15) is 11.8 Å². The van der Waals surface area contributed by atoms with Crippen molar-refractivity contribution in [3.63, 3.8) is 0 Å². The van der Waals surface area contributed by atoms with Crippen molar-refractivity contribution in [2.24, 2.45) is 0 Å². The second-order valence-electron chi connectivity index (χ2n) is 6.74. The van der Waals surface area contributed by atoms with E-state index in [0.29, 0.717) is 4.91 Å². The normalized spacial score (nSPS) is 20.4. The highest BCUT2D eigenvalue weighted by molar-refractivity contribution is 8.04. The molecule has 172 valence electrons. The molecule has 1 saturated heterocycles. The number of halogens is 3. The molecule has 0 bridgehead atoms. The summed E-state index contributed by atoms with van der Waals surface area (Å²) in [6.45, 7) is 4.26. The molecule has 2 amide bonds. The quantitative estimate of drug-likeness (QED) is 0.323. The second-order valence-corrected chi connectivity index (χ2v) is 11.5. The average Bonchev–Trinajstić information content (AvgIpc) is 3.20. The molecule has 3 heterocycles. The molecule has 0 aliphatic carbocycles. The van der Waals surface area contributed by atoms with Gasteiger partial charge in [0.1, 0.15) is 30.3 Å². The molecule has 8 nitrogen and oxygen atoms in total. The maximum Gasteiger partial charge on any atom is 0.355 e. The third kappa shape index (κ3) is 5.79. The van der Waals surface area contributed by atoms with E-state index in [1.54, 1.807) is 0 Å². The van der Waals surface area contributed by atoms with Gasteiger partial charge >= 0.3 is 11.9 Å². The molecule has 1 N–H and O–H groups in total. The maximum absolute atomic E-state index is 12.9. The van der Waals surface area contributed by atoms with E-state index in [-0.39, 0.29) is 30.2 Å². The number of carbonyl (C=O) groups is 4. The molecule has 32 heavy (non-hydrogen) atoms. The minimum absolute atomic E-state index is 0.130. The number of rotatable bonds is 7. The van der Waals surface area contributed by atoms with Crippen molar-refractivity contribution in [3.05, 3.63) is 45.1 Å². The monoisotopic (exact) mass is 538 g/mol. The summed E-state index contributed by atoms with van der Waals surface area (Å²) in [5.41, 5.74) is 0.0375. The van der Waals surface area contributed by atoms with Crippen molar-refractivity contribution >= 4 is 81.7 Å². The van der Waals surface area contributed by atoms with Crippen molar-refractivity contribution in [2.45, 2.75) is 28.6 Å². The predicted octanol–water partition coefficient (Wildman–Crippen LogP) is 2.93. The van der Waals surface area contributed by atoms with Gasteiger partial charge in [0.15, 0.2) is 0 Å². The number of carbonyl (C=O) groups excluding carboxylic acids is 4. The number of amides is 2. The van der Waals surface area contributed by atoms with Crippen LogP contribution in [-0.4, -0.2) is 57.1 Å². The van der Waals surface area contributed by atoms with Crippen LogP contribution < -0.4 is 5.32 Å². The van der Waals surface area contributed by atoms with Gasteiger partial charge in [-0.3, -0.25) is 19.3 Å². The van der Waals surface area contributed by atoms with E-state index in [9.17, 15) is 19.2 Å². The number of thiophene rings is 1. The molecular formula is C19H17Cl3N2O6S2. The number of hydrogen-bond acceptors (Lipinski definition) is 8. The Morgan fingerprint density at radius 1 is 1.28 bits per heavy atom. The summed E-state index contributed by atoms with van der Waals surface area (Å²) in [4.78, 5) is 51.7. The number of nitrogens with zero attached hydrogens (tertiary/aromatic N) is 1. The van der Waals surface area contributed by atoms with E-state index in [1.165, 1.54) is 34.9 Å². The van der Waals surface area contributed by atoms with Crippen molar-refractivity contribution in [3.8, 4) is 0 Å². The van der Waals surface area contributed by atoms with E-state index in [2.05, 4.69) is 11.9 Å². The number of fused-ring (bicyclic) bond motifs is 1. The van der Waals surface area contributed by atoms with Crippen LogP contribution in [0.4, 0.5) is 0 Å². The number of ether oxygens (including phenoxy) is 2. The molecule has 0 aromatic carbocycles. The lowest BCUT2D eigenvalue weighted by Gasteiger charge is -2.50. The molecule has 1 aromatic rings. The summed E-state index contributed by atoms with van der Waals surface area (Å²) in [5, 5.41) is 3.92. The summed E-state index contributed by atoms with van der Waals surface area (Å²) in [5.74, 6) is -2.37. The first-order valence-electron chi connectivity index (χ1n) is 9.09. The molecule has 2 aliphatic rings. The Labute approximate surface area is 206 Å². The van der Waals surface area contributed by atoms with Crippen LogP contribution >= 0.6 is 57.9 Å². The van der Waals surface area contributed by atoms with Crippen LogP contribution in [0.5, 0.6) is 0 Å². The van der Waals surface area contributed by atoms with Gasteiger partial charge in [-0.15, -0.1) is 11.3 Å². The highest BCUT2D eigenvalue weighted by Crippen LogP contribution is 2.46. The van der Waals surface area contributed by atoms with Gasteiger partial charge in [0.25, 0.3) is 5.91 Å². The summed E-state index contributed by atoms with van der Waals surface area (Å²) in [6.07, 6.45) is 0.130. The zero-order chi connectivity index (χ0) is 23.6. The molecule has 3 rings (SSSR count). The van der Waals surface area contributed by atoms with Gasteiger partial charge in [0, 0.05) is 22.3 Å². The van der Waals surface area contributed by atoms with Crippen LogP contribution in [0.15, 0.2) is 40.3 Å². The average molecular weight is 540 g/mol. The molecule has 0 saturated carbocycles. The standard InChI is InChI=1S/C19H17Cl3N2O6S2/c1-9-12(7-29-10(2)25)15(18(28)30-8-19(20,21)22)24-16(27)14(17(24)32-9)23-13(26)6-11-4-3-5-31-11/h3-5,14,17H,1,6-8H2,2H3,(H,23,26)/t14?,17-/m1/s1. The van der Waals surface area contributed by atoms with Gasteiger partial charge in [-0.2, -0.15) is 0 Å². The summed E-state index contributed by atoms with van der Waals surface area (Å²) in [6, 6.07) is 2.78. The molecule has 0 radical (unpaired) electrons. The Balaban J connectivity index is 1.81. The van der Waals surface area contributed by atoms with Crippen molar-refractivity contribution in [2.75, 3.05) is 13.2 Å². The van der Waals surface area contributed by atoms with E-state index >= 15 is 0 Å². The molecular weight excluding hydrogens is 523 g/mol. The molecule has 1 fully saturated rings. The zero-order valence-corrected chi connectivity index (χ0v) is 20.5. The van der Waals surface area contributed by atoms with E-state index in [4.69, 9.17) is 44.3 Å². The van der Waals surface area contributed by atoms with Gasteiger partial charge in [-0.1, -0.05) is 59.2 Å². The highest BCUT2D eigenvalue weighted by atomic mass is 35.6. The van der Waals surface area contributed by atoms with E-state index < -0.39 is 39.7 Å². The van der Waals surface area contributed by atoms with Crippen molar-refractivity contribution in [1.29, 1.82) is 0 Å². The highest BCUT2D eigenvalue weighted by Gasteiger charge is 2.55. The van der Waals surface area contributed by atoms with Crippen LogP contribution in [0.2, 0.25) is 0 Å². The van der Waals surface area contributed by atoms with Gasteiger partial charge in [0.2, 0.25) is 9.70 Å². The fourth-order valence-corrected chi connectivity index (χ4v) is 5.10. The molecule has 0 spiro atoms. The Bertz CT molecular complexity index is 990. The van der Waals surface area contributed by atoms with Crippen molar-refractivity contribution in [1.82, 2.24) is 10.2 Å². The van der Waals surface area contributed by atoms with Gasteiger partial charge in [0.05, 0.1) is 6.42 Å². The topological polar surface area (TPSA) is 102 Å². The van der Waals surface area contributed by atoms with Crippen LogP contribution in [0, 0.1) is 0 Å². The maximum atomic E-state index is 12.9. The number of hydrogen-bond donors (Lipinski definition) is 1. The number of thioether (sulfide) groups is 1. The number of nitrogens with one attached hydrogen (secondary N) is 1.